The Hall–Kier alpha value is -1.69. The van der Waals surface area contributed by atoms with Crippen molar-refractivity contribution in [3.05, 3.63) is 28.4 Å². The first-order valence-electron chi connectivity index (χ1n) is 8.93. The summed E-state index contributed by atoms with van der Waals surface area (Å²) in [4.78, 5) is 30.9. The second kappa shape index (κ2) is 6.67. The van der Waals surface area contributed by atoms with E-state index in [2.05, 4.69) is 36.0 Å². The van der Waals surface area contributed by atoms with Crippen LogP contribution < -0.4 is 10.9 Å². The van der Waals surface area contributed by atoms with Crippen LogP contribution in [-0.4, -0.2) is 46.0 Å². The van der Waals surface area contributed by atoms with Crippen molar-refractivity contribution in [3.63, 3.8) is 0 Å². The fourth-order valence-corrected chi connectivity index (χ4v) is 3.63. The Kier molecular flexibility index (Phi) is 4.76. The molecule has 0 aliphatic carbocycles. The zero-order chi connectivity index (χ0) is 17.3. The zero-order valence-electron chi connectivity index (χ0n) is 14.9. The molecule has 0 bridgehead atoms. The summed E-state index contributed by atoms with van der Waals surface area (Å²) in [6.07, 6.45) is 4.66. The van der Waals surface area contributed by atoms with E-state index in [0.29, 0.717) is 5.92 Å². The predicted molar refractivity (Wildman–Crippen MR) is 92.9 cm³/mol. The highest BCUT2D eigenvalue weighted by molar-refractivity contribution is 5.83. The summed E-state index contributed by atoms with van der Waals surface area (Å²) < 4.78 is 1.73. The normalized spacial score (nSPS) is 23.5. The van der Waals surface area contributed by atoms with Gasteiger partial charge in [-0.1, -0.05) is 20.8 Å². The first-order valence-corrected chi connectivity index (χ1v) is 8.93. The van der Waals surface area contributed by atoms with Crippen LogP contribution in [0.25, 0.3) is 0 Å². The molecule has 1 aromatic heterocycles. The molecule has 1 aromatic rings. The Morgan fingerprint density at radius 1 is 1.21 bits per heavy atom. The first-order chi connectivity index (χ1) is 11.3. The topological polar surface area (TPSA) is 67.2 Å². The molecule has 132 valence electrons. The molecule has 2 aliphatic heterocycles. The van der Waals surface area contributed by atoms with Gasteiger partial charge in [-0.2, -0.15) is 0 Å². The predicted octanol–water partition coefficient (Wildman–Crippen LogP) is 1.14. The van der Waals surface area contributed by atoms with Gasteiger partial charge in [-0.3, -0.25) is 19.1 Å². The summed E-state index contributed by atoms with van der Waals surface area (Å²) in [6.45, 7) is 9.58. The molecular formula is C18H28N4O2. The molecule has 0 saturated carbocycles. The molecule has 2 saturated heterocycles. The summed E-state index contributed by atoms with van der Waals surface area (Å²) in [6, 6.07) is 1.72. The van der Waals surface area contributed by atoms with Gasteiger partial charge in [0, 0.05) is 24.6 Å². The Morgan fingerprint density at radius 2 is 1.92 bits per heavy atom. The summed E-state index contributed by atoms with van der Waals surface area (Å²) in [5, 5.41) is 2.91. The number of amides is 1. The maximum absolute atomic E-state index is 12.3. The van der Waals surface area contributed by atoms with Gasteiger partial charge in [-0.15, -0.1) is 0 Å². The third kappa shape index (κ3) is 3.69. The number of rotatable bonds is 3. The second-order valence-corrected chi connectivity index (χ2v) is 8.09. The number of nitrogens with zero attached hydrogens (tertiary/aromatic N) is 3. The van der Waals surface area contributed by atoms with Crippen molar-refractivity contribution in [2.24, 2.45) is 5.92 Å². The van der Waals surface area contributed by atoms with Crippen molar-refractivity contribution in [3.8, 4) is 0 Å². The fourth-order valence-electron chi connectivity index (χ4n) is 3.63. The third-order valence-corrected chi connectivity index (χ3v) is 5.21. The lowest BCUT2D eigenvalue weighted by Crippen LogP contribution is -2.45. The van der Waals surface area contributed by atoms with Gasteiger partial charge in [0.25, 0.3) is 5.56 Å². The van der Waals surface area contributed by atoms with Crippen LogP contribution >= 0.6 is 0 Å². The van der Waals surface area contributed by atoms with Crippen LogP contribution in [0.3, 0.4) is 0 Å². The van der Waals surface area contributed by atoms with Crippen LogP contribution in [0.15, 0.2) is 17.2 Å². The van der Waals surface area contributed by atoms with Crippen molar-refractivity contribution in [1.29, 1.82) is 0 Å². The van der Waals surface area contributed by atoms with Gasteiger partial charge < -0.3 is 5.32 Å². The van der Waals surface area contributed by atoms with Gasteiger partial charge in [-0.05, 0) is 38.3 Å². The lowest BCUT2D eigenvalue weighted by Gasteiger charge is -2.34. The lowest BCUT2D eigenvalue weighted by molar-refractivity contribution is -0.124. The van der Waals surface area contributed by atoms with E-state index in [0.717, 1.165) is 51.1 Å². The quantitative estimate of drug-likeness (QED) is 0.901. The lowest BCUT2D eigenvalue weighted by atomic mass is 9.92. The standard InChI is InChI=1S/C18H28N4O2/c1-18(2,3)15-10-16(23)22(12-20-15)11-13-5-8-21(9-6-13)14-4-7-19-17(14)24/h10,12-14H,4-9,11H2,1-3H3,(H,19,24). The number of aromatic nitrogens is 2. The van der Waals surface area contributed by atoms with Crippen molar-refractivity contribution in [1.82, 2.24) is 19.8 Å². The number of piperidine rings is 1. The third-order valence-electron chi connectivity index (χ3n) is 5.21. The van der Waals surface area contributed by atoms with Gasteiger partial charge in [0.15, 0.2) is 0 Å². The van der Waals surface area contributed by atoms with Crippen LogP contribution in [0.2, 0.25) is 0 Å². The molecular weight excluding hydrogens is 304 g/mol. The van der Waals surface area contributed by atoms with Crippen molar-refractivity contribution < 1.29 is 4.79 Å². The van der Waals surface area contributed by atoms with E-state index in [1.54, 1.807) is 17.0 Å². The van der Waals surface area contributed by atoms with E-state index in [1.807, 2.05) is 0 Å². The number of carbonyl (C=O) groups is 1. The molecule has 24 heavy (non-hydrogen) atoms. The van der Waals surface area contributed by atoms with Gasteiger partial charge in [0.2, 0.25) is 5.91 Å². The summed E-state index contributed by atoms with van der Waals surface area (Å²) in [7, 11) is 0. The van der Waals surface area contributed by atoms with Crippen LogP contribution in [0, 0.1) is 5.92 Å². The number of carbonyl (C=O) groups excluding carboxylic acids is 1. The van der Waals surface area contributed by atoms with Crippen LogP contribution in [0.4, 0.5) is 0 Å². The van der Waals surface area contributed by atoms with E-state index in [9.17, 15) is 9.59 Å². The molecule has 1 amide bonds. The maximum Gasteiger partial charge on any atom is 0.253 e. The van der Waals surface area contributed by atoms with Crippen LogP contribution in [-0.2, 0) is 16.8 Å². The summed E-state index contributed by atoms with van der Waals surface area (Å²) in [5.41, 5.74) is 0.768. The molecule has 3 heterocycles. The summed E-state index contributed by atoms with van der Waals surface area (Å²) >= 11 is 0. The Bertz CT molecular complexity index is 654. The van der Waals surface area contributed by atoms with Crippen molar-refractivity contribution >= 4 is 5.91 Å². The van der Waals surface area contributed by atoms with E-state index < -0.39 is 0 Å². The average molecular weight is 332 g/mol. The molecule has 1 atom stereocenters. The Labute approximate surface area is 143 Å². The fraction of sp³-hybridized carbons (Fsp3) is 0.722. The number of likely N-dealkylation sites (tertiary alicyclic amines) is 1. The van der Waals surface area contributed by atoms with Crippen LogP contribution in [0.1, 0.15) is 45.7 Å². The molecule has 0 aromatic carbocycles. The highest BCUT2D eigenvalue weighted by Crippen LogP contribution is 2.23. The highest BCUT2D eigenvalue weighted by atomic mass is 16.2. The molecule has 6 nitrogen and oxygen atoms in total. The van der Waals surface area contributed by atoms with E-state index in [-0.39, 0.29) is 22.9 Å². The Morgan fingerprint density at radius 3 is 2.46 bits per heavy atom. The minimum Gasteiger partial charge on any atom is -0.355 e. The monoisotopic (exact) mass is 332 g/mol. The van der Waals surface area contributed by atoms with Gasteiger partial charge >= 0.3 is 0 Å². The number of hydrogen-bond donors (Lipinski definition) is 1. The molecule has 0 spiro atoms. The van der Waals surface area contributed by atoms with E-state index in [4.69, 9.17) is 0 Å². The molecule has 1 N–H and O–H groups in total. The molecule has 3 rings (SSSR count). The molecule has 0 radical (unpaired) electrons. The van der Waals surface area contributed by atoms with E-state index in [1.165, 1.54) is 0 Å². The zero-order valence-corrected chi connectivity index (χ0v) is 14.9. The van der Waals surface area contributed by atoms with Gasteiger partial charge in [-0.25, -0.2) is 4.98 Å². The Balaban J connectivity index is 1.58. The maximum atomic E-state index is 12.3. The van der Waals surface area contributed by atoms with Crippen molar-refractivity contribution in [2.45, 2.75) is 58.0 Å². The molecule has 1 unspecified atom stereocenters. The minimum atomic E-state index is -0.106. The first kappa shape index (κ1) is 17.1. The van der Waals surface area contributed by atoms with Gasteiger partial charge in [0.1, 0.15) is 0 Å². The van der Waals surface area contributed by atoms with E-state index >= 15 is 0 Å². The largest absolute Gasteiger partial charge is 0.355 e. The SMILES string of the molecule is CC(C)(C)c1cc(=O)n(CC2CCN(C3CCNC3=O)CC2)cn1. The number of hydrogen-bond acceptors (Lipinski definition) is 4. The molecule has 2 fully saturated rings. The van der Waals surface area contributed by atoms with Crippen molar-refractivity contribution in [2.75, 3.05) is 19.6 Å². The van der Waals surface area contributed by atoms with Crippen LogP contribution in [0.5, 0.6) is 0 Å². The smallest absolute Gasteiger partial charge is 0.253 e. The highest BCUT2D eigenvalue weighted by Gasteiger charge is 2.32. The van der Waals surface area contributed by atoms with Gasteiger partial charge in [0.05, 0.1) is 18.1 Å². The average Bonchev–Trinajstić information content (AvgIpc) is 2.95. The number of nitrogens with one attached hydrogen (secondary N) is 1. The molecule has 2 aliphatic rings. The summed E-state index contributed by atoms with van der Waals surface area (Å²) in [5.74, 6) is 0.650. The second-order valence-electron chi connectivity index (χ2n) is 8.09. The minimum absolute atomic E-state index is 0.0347. The molecule has 6 heteroatoms.